The van der Waals surface area contributed by atoms with Crippen LogP contribution >= 0.6 is 11.8 Å². The smallest absolute Gasteiger partial charge is 0.294 e. The molecule has 2 heterocycles. The van der Waals surface area contributed by atoms with Gasteiger partial charge in [-0.1, -0.05) is 60.7 Å². The quantitative estimate of drug-likeness (QED) is 0.468. The summed E-state index contributed by atoms with van der Waals surface area (Å²) in [5.41, 5.74) is 1.77. The SMILES string of the molecule is O=C(CN1C(=O)S/C(=C/c2c(OCc3ccccc3)ccc3ccccc23)C1=O)N1CCCC1. The number of carbonyl (C=O) groups is 3. The fourth-order valence-electron chi connectivity index (χ4n) is 4.25. The molecule has 34 heavy (non-hydrogen) atoms. The third kappa shape index (κ3) is 4.56. The lowest BCUT2D eigenvalue weighted by atomic mass is 10.0. The highest BCUT2D eigenvalue weighted by Crippen LogP contribution is 2.37. The highest BCUT2D eigenvalue weighted by molar-refractivity contribution is 8.18. The van der Waals surface area contributed by atoms with Crippen LogP contribution in [0.25, 0.3) is 16.8 Å². The number of benzene rings is 3. The van der Waals surface area contributed by atoms with Gasteiger partial charge in [0, 0.05) is 18.7 Å². The number of ether oxygens (including phenoxy) is 1. The van der Waals surface area contributed by atoms with Gasteiger partial charge in [-0.05, 0) is 53.1 Å². The molecule has 2 aliphatic heterocycles. The average molecular weight is 473 g/mol. The van der Waals surface area contributed by atoms with Gasteiger partial charge >= 0.3 is 0 Å². The van der Waals surface area contributed by atoms with Crippen LogP contribution in [0, 0.1) is 0 Å². The third-order valence-electron chi connectivity index (χ3n) is 6.07. The molecule has 7 heteroatoms. The molecule has 2 saturated heterocycles. The minimum absolute atomic E-state index is 0.182. The van der Waals surface area contributed by atoms with E-state index in [0.717, 1.165) is 51.4 Å². The molecule has 0 aromatic heterocycles. The lowest BCUT2D eigenvalue weighted by Crippen LogP contribution is -2.40. The maximum Gasteiger partial charge on any atom is 0.294 e. The molecule has 3 aromatic rings. The van der Waals surface area contributed by atoms with Crippen molar-refractivity contribution in [2.24, 2.45) is 0 Å². The lowest BCUT2D eigenvalue weighted by Gasteiger charge is -2.18. The van der Waals surface area contributed by atoms with Gasteiger partial charge in [0.2, 0.25) is 5.91 Å². The summed E-state index contributed by atoms with van der Waals surface area (Å²) in [6, 6.07) is 21.6. The van der Waals surface area contributed by atoms with E-state index in [4.69, 9.17) is 4.74 Å². The van der Waals surface area contributed by atoms with E-state index in [-0.39, 0.29) is 12.5 Å². The summed E-state index contributed by atoms with van der Waals surface area (Å²) in [4.78, 5) is 41.3. The van der Waals surface area contributed by atoms with E-state index in [1.165, 1.54) is 0 Å². The van der Waals surface area contributed by atoms with Gasteiger partial charge in [-0.15, -0.1) is 0 Å². The molecular weight excluding hydrogens is 448 g/mol. The first-order valence-corrected chi connectivity index (χ1v) is 12.1. The second-order valence-corrected chi connectivity index (χ2v) is 9.32. The van der Waals surface area contributed by atoms with Crippen LogP contribution in [-0.2, 0) is 16.2 Å². The molecule has 0 atom stereocenters. The Morgan fingerprint density at radius 3 is 2.47 bits per heavy atom. The molecule has 0 spiro atoms. The van der Waals surface area contributed by atoms with Gasteiger partial charge in [0.15, 0.2) is 0 Å². The van der Waals surface area contributed by atoms with Crippen molar-refractivity contribution in [2.75, 3.05) is 19.6 Å². The maximum absolute atomic E-state index is 13.1. The molecule has 0 unspecified atom stereocenters. The van der Waals surface area contributed by atoms with Crippen LogP contribution < -0.4 is 4.74 Å². The Hall–Kier alpha value is -3.58. The third-order valence-corrected chi connectivity index (χ3v) is 6.98. The van der Waals surface area contributed by atoms with Crippen LogP contribution in [0.5, 0.6) is 5.75 Å². The maximum atomic E-state index is 13.1. The van der Waals surface area contributed by atoms with Crippen molar-refractivity contribution in [3.63, 3.8) is 0 Å². The topological polar surface area (TPSA) is 66.9 Å². The Morgan fingerprint density at radius 2 is 1.68 bits per heavy atom. The summed E-state index contributed by atoms with van der Waals surface area (Å²) in [6.45, 7) is 1.53. The monoisotopic (exact) mass is 472 g/mol. The summed E-state index contributed by atoms with van der Waals surface area (Å²) in [7, 11) is 0. The zero-order valence-electron chi connectivity index (χ0n) is 18.6. The molecule has 2 fully saturated rings. The fourth-order valence-corrected chi connectivity index (χ4v) is 5.07. The molecule has 0 N–H and O–H groups in total. The van der Waals surface area contributed by atoms with Crippen molar-refractivity contribution in [3.05, 3.63) is 82.8 Å². The van der Waals surface area contributed by atoms with Crippen LogP contribution in [-0.4, -0.2) is 46.5 Å². The van der Waals surface area contributed by atoms with Gasteiger partial charge in [0.05, 0.1) is 4.91 Å². The van der Waals surface area contributed by atoms with E-state index in [1.807, 2.05) is 66.7 Å². The minimum Gasteiger partial charge on any atom is -0.488 e. The number of hydrogen-bond acceptors (Lipinski definition) is 5. The molecule has 0 aliphatic carbocycles. The molecule has 0 bridgehead atoms. The number of fused-ring (bicyclic) bond motifs is 1. The van der Waals surface area contributed by atoms with Crippen molar-refractivity contribution >= 4 is 45.7 Å². The number of rotatable bonds is 6. The summed E-state index contributed by atoms with van der Waals surface area (Å²) < 4.78 is 6.14. The molecular formula is C27H24N2O4S. The first kappa shape index (κ1) is 22.2. The first-order valence-electron chi connectivity index (χ1n) is 11.3. The molecule has 3 amide bonds. The Bertz CT molecular complexity index is 1280. The largest absolute Gasteiger partial charge is 0.488 e. The van der Waals surface area contributed by atoms with Crippen molar-refractivity contribution in [1.29, 1.82) is 0 Å². The predicted octanol–water partition coefficient (Wildman–Crippen LogP) is 5.08. The molecule has 0 radical (unpaired) electrons. The summed E-state index contributed by atoms with van der Waals surface area (Å²) in [6.07, 6.45) is 3.63. The molecule has 6 nitrogen and oxygen atoms in total. The molecule has 5 rings (SSSR count). The second kappa shape index (κ2) is 9.73. The number of carbonyl (C=O) groups excluding carboxylic acids is 3. The number of amides is 3. The van der Waals surface area contributed by atoms with Crippen LogP contribution in [0.3, 0.4) is 0 Å². The van der Waals surface area contributed by atoms with Crippen LogP contribution in [0.2, 0.25) is 0 Å². The predicted molar refractivity (Wildman–Crippen MR) is 133 cm³/mol. The number of likely N-dealkylation sites (tertiary alicyclic amines) is 1. The molecule has 3 aromatic carbocycles. The normalized spacial score (nSPS) is 17.2. The molecule has 172 valence electrons. The fraction of sp³-hybridized carbons (Fsp3) is 0.222. The molecule has 0 saturated carbocycles. The number of hydrogen-bond donors (Lipinski definition) is 0. The van der Waals surface area contributed by atoms with Gasteiger partial charge < -0.3 is 9.64 Å². The van der Waals surface area contributed by atoms with Crippen molar-refractivity contribution in [2.45, 2.75) is 19.4 Å². The highest BCUT2D eigenvalue weighted by atomic mass is 32.2. The zero-order chi connectivity index (χ0) is 23.5. The van der Waals surface area contributed by atoms with Crippen LogP contribution in [0.15, 0.2) is 71.6 Å². The highest BCUT2D eigenvalue weighted by Gasteiger charge is 2.37. The van der Waals surface area contributed by atoms with E-state index in [1.54, 1.807) is 11.0 Å². The standard InChI is InChI=1S/C27H24N2O4S/c30-25(28-14-6-7-15-28)17-29-26(31)24(34-27(29)32)16-22-21-11-5-4-10-20(21)12-13-23(22)33-18-19-8-2-1-3-9-19/h1-5,8-13,16H,6-7,14-15,17-18H2/b24-16+. The van der Waals surface area contributed by atoms with E-state index >= 15 is 0 Å². The Balaban J connectivity index is 1.44. The van der Waals surface area contributed by atoms with E-state index < -0.39 is 11.1 Å². The average Bonchev–Trinajstić information content (AvgIpc) is 3.49. The lowest BCUT2D eigenvalue weighted by molar-refractivity contribution is -0.135. The van der Waals surface area contributed by atoms with Gasteiger partial charge in [0.25, 0.3) is 11.1 Å². The second-order valence-electron chi connectivity index (χ2n) is 8.33. The van der Waals surface area contributed by atoms with Crippen molar-refractivity contribution in [1.82, 2.24) is 9.80 Å². The van der Waals surface area contributed by atoms with Crippen molar-refractivity contribution in [3.8, 4) is 5.75 Å². The Morgan fingerprint density at radius 1 is 0.941 bits per heavy atom. The number of thioether (sulfide) groups is 1. The van der Waals surface area contributed by atoms with Gasteiger partial charge in [-0.2, -0.15) is 0 Å². The summed E-state index contributed by atoms with van der Waals surface area (Å²) in [5.74, 6) is 0.00470. The van der Waals surface area contributed by atoms with E-state index in [2.05, 4.69) is 0 Å². The van der Waals surface area contributed by atoms with Gasteiger partial charge in [-0.3, -0.25) is 19.3 Å². The number of nitrogens with zero attached hydrogens (tertiary/aromatic N) is 2. The summed E-state index contributed by atoms with van der Waals surface area (Å²) in [5, 5.41) is 1.51. The Labute approximate surface area is 202 Å². The minimum atomic E-state index is -0.440. The van der Waals surface area contributed by atoms with Crippen LogP contribution in [0.1, 0.15) is 24.0 Å². The Kier molecular flexibility index (Phi) is 6.36. The van der Waals surface area contributed by atoms with Crippen molar-refractivity contribution < 1.29 is 19.1 Å². The van der Waals surface area contributed by atoms with E-state index in [9.17, 15) is 14.4 Å². The van der Waals surface area contributed by atoms with Crippen LogP contribution in [0.4, 0.5) is 4.79 Å². The van der Waals surface area contributed by atoms with Gasteiger partial charge in [0.1, 0.15) is 18.9 Å². The number of imide groups is 1. The summed E-state index contributed by atoms with van der Waals surface area (Å²) >= 11 is 0.865. The molecule has 2 aliphatic rings. The zero-order valence-corrected chi connectivity index (χ0v) is 19.4. The van der Waals surface area contributed by atoms with Gasteiger partial charge in [-0.25, -0.2) is 0 Å². The van der Waals surface area contributed by atoms with E-state index in [0.29, 0.717) is 30.4 Å². The first-order chi connectivity index (χ1) is 16.6.